The summed E-state index contributed by atoms with van der Waals surface area (Å²) in [6.45, 7) is 13.8. The van der Waals surface area contributed by atoms with E-state index < -0.39 is 7.82 Å². The van der Waals surface area contributed by atoms with Crippen molar-refractivity contribution in [3.8, 4) is 17.2 Å². The monoisotopic (exact) mass is 1170 g/mol. The molecule has 0 aliphatic heterocycles. The highest BCUT2D eigenvalue weighted by molar-refractivity contribution is 7.49. The zero-order valence-corrected chi connectivity index (χ0v) is 56.9. The molecule has 5 heteroatoms. The fourth-order valence-corrected chi connectivity index (χ4v) is 13.7. The second-order valence-corrected chi connectivity index (χ2v) is 27.3. The van der Waals surface area contributed by atoms with E-state index in [0.29, 0.717) is 17.2 Å². The van der Waals surface area contributed by atoms with Crippen LogP contribution >= 0.6 is 7.82 Å². The van der Waals surface area contributed by atoms with Crippen LogP contribution in [0, 0.1) is 0 Å². The van der Waals surface area contributed by atoms with Gasteiger partial charge in [0.25, 0.3) is 0 Å². The first-order valence-corrected chi connectivity index (χ1v) is 38.4. The number of phosphoric ester groups is 1. The first-order valence-electron chi connectivity index (χ1n) is 36.9. The molecule has 0 heterocycles. The van der Waals surface area contributed by atoms with Gasteiger partial charge < -0.3 is 13.6 Å². The van der Waals surface area contributed by atoms with Crippen molar-refractivity contribution in [1.29, 1.82) is 0 Å². The molecule has 83 heavy (non-hydrogen) atoms. The fourth-order valence-electron chi connectivity index (χ4n) is 12.4. The Kier molecular flexibility index (Phi) is 47.1. The number of unbranched alkanes of at least 4 members (excludes halogenated alkanes) is 42. The van der Waals surface area contributed by atoms with Crippen LogP contribution in [0.5, 0.6) is 17.2 Å². The van der Waals surface area contributed by atoms with E-state index in [2.05, 4.69) is 96.1 Å². The Morgan fingerprint density at radius 3 is 0.590 bits per heavy atom. The van der Waals surface area contributed by atoms with Crippen molar-refractivity contribution in [2.45, 2.75) is 388 Å². The molecule has 0 radical (unpaired) electrons. The van der Waals surface area contributed by atoms with Crippen molar-refractivity contribution in [3.05, 3.63) is 88.0 Å². The quantitative estimate of drug-likeness (QED) is 0.0417. The highest BCUT2D eigenvalue weighted by Gasteiger charge is 2.36. The molecule has 0 saturated heterocycles. The number of phosphoric acid groups is 1. The summed E-state index contributed by atoms with van der Waals surface area (Å²) in [6, 6.07) is 20.2. The van der Waals surface area contributed by atoms with Gasteiger partial charge in [-0.25, -0.2) is 0 Å². The minimum Gasteiger partial charge on any atom is -0.386 e. The number of benzene rings is 3. The Hall–Kier alpha value is -2.71. The van der Waals surface area contributed by atoms with Gasteiger partial charge in [0.15, 0.2) is 0 Å². The summed E-state index contributed by atoms with van der Waals surface area (Å²) in [5, 5.41) is 0. The van der Waals surface area contributed by atoms with Crippen molar-refractivity contribution in [1.82, 2.24) is 0 Å². The van der Waals surface area contributed by atoms with Crippen LogP contribution in [-0.4, -0.2) is 0 Å². The number of hydrogen-bond donors (Lipinski definition) is 0. The van der Waals surface area contributed by atoms with Crippen LogP contribution in [0.3, 0.4) is 0 Å². The first-order chi connectivity index (χ1) is 40.9. The van der Waals surface area contributed by atoms with E-state index >= 15 is 4.57 Å². The van der Waals surface area contributed by atoms with Gasteiger partial charge in [0.1, 0.15) is 17.2 Å². The molecule has 3 aromatic rings. The predicted octanol–water partition coefficient (Wildman–Crippen LogP) is 27.4. The second kappa shape index (κ2) is 52.4. The van der Waals surface area contributed by atoms with E-state index in [4.69, 9.17) is 13.6 Å². The molecule has 0 aliphatic carbocycles. The van der Waals surface area contributed by atoms with Gasteiger partial charge in [0.2, 0.25) is 0 Å². The second-order valence-electron chi connectivity index (χ2n) is 25.9. The highest BCUT2D eigenvalue weighted by Crippen LogP contribution is 2.52. The molecule has 476 valence electrons. The van der Waals surface area contributed by atoms with Crippen molar-refractivity contribution in [2.24, 2.45) is 0 Å². The van der Waals surface area contributed by atoms with E-state index in [1.165, 1.54) is 306 Å². The average Bonchev–Trinajstić information content (AvgIpc) is 3.51. The lowest BCUT2D eigenvalue weighted by molar-refractivity contribution is 0.295. The Balaban J connectivity index is 2.05. The molecular weight excluding hydrogens is 1030 g/mol. The summed E-state index contributed by atoms with van der Waals surface area (Å²) in [5.41, 5.74) is 7.48. The lowest BCUT2D eigenvalue weighted by atomic mass is 9.99. The molecule has 0 aliphatic rings. The summed E-state index contributed by atoms with van der Waals surface area (Å²) in [5.74, 6) is 1.97. The van der Waals surface area contributed by atoms with Crippen LogP contribution in [0.1, 0.15) is 383 Å². The molecule has 0 N–H and O–H groups in total. The molecular formula is C78H135O4P. The van der Waals surface area contributed by atoms with E-state index in [1.807, 2.05) is 0 Å². The van der Waals surface area contributed by atoms with Gasteiger partial charge in [-0.05, 0) is 129 Å². The summed E-state index contributed by atoms with van der Waals surface area (Å²) in [4.78, 5) is 0. The molecule has 0 bridgehead atoms. The van der Waals surface area contributed by atoms with Gasteiger partial charge >= 0.3 is 7.82 Å². The van der Waals surface area contributed by atoms with E-state index in [0.717, 1.165) is 74.5 Å². The molecule has 4 nitrogen and oxygen atoms in total. The lowest BCUT2D eigenvalue weighted by Crippen LogP contribution is -2.11. The maximum absolute atomic E-state index is 16.3. The van der Waals surface area contributed by atoms with Crippen molar-refractivity contribution < 1.29 is 18.1 Å². The van der Waals surface area contributed by atoms with Gasteiger partial charge in [0, 0.05) is 0 Å². The van der Waals surface area contributed by atoms with Crippen LogP contribution < -0.4 is 13.6 Å². The third-order valence-electron chi connectivity index (χ3n) is 17.9. The lowest BCUT2D eigenvalue weighted by Gasteiger charge is -2.24. The molecule has 3 rings (SSSR count). The van der Waals surface area contributed by atoms with E-state index in [1.54, 1.807) is 0 Å². The van der Waals surface area contributed by atoms with Gasteiger partial charge in [-0.1, -0.05) is 348 Å². The van der Waals surface area contributed by atoms with Crippen molar-refractivity contribution >= 4 is 7.82 Å². The Morgan fingerprint density at radius 2 is 0.398 bits per heavy atom. The topological polar surface area (TPSA) is 44.8 Å². The number of hydrogen-bond acceptors (Lipinski definition) is 4. The van der Waals surface area contributed by atoms with Gasteiger partial charge in [-0.15, -0.1) is 0 Å². The molecule has 0 fully saturated rings. The summed E-state index contributed by atoms with van der Waals surface area (Å²) >= 11 is 0. The van der Waals surface area contributed by atoms with Crippen LogP contribution in [0.15, 0.2) is 54.6 Å². The molecule has 0 aromatic heterocycles. The minimum absolute atomic E-state index is 0.655. The maximum Gasteiger partial charge on any atom is 0.647 e. The Bertz CT molecular complexity index is 1770. The van der Waals surface area contributed by atoms with Crippen molar-refractivity contribution in [2.75, 3.05) is 0 Å². The smallest absolute Gasteiger partial charge is 0.386 e. The van der Waals surface area contributed by atoms with Crippen LogP contribution in [0.2, 0.25) is 0 Å². The van der Waals surface area contributed by atoms with Crippen LogP contribution in [0.25, 0.3) is 0 Å². The minimum atomic E-state index is -4.32. The molecule has 0 unspecified atom stereocenters. The molecule has 0 atom stereocenters. The zero-order chi connectivity index (χ0) is 59.4. The fraction of sp³-hybridized carbons (Fsp3) is 0.769. The van der Waals surface area contributed by atoms with Crippen LogP contribution in [-0.2, 0) is 43.1 Å². The highest BCUT2D eigenvalue weighted by atomic mass is 31.2. The van der Waals surface area contributed by atoms with Crippen molar-refractivity contribution in [3.63, 3.8) is 0 Å². The van der Waals surface area contributed by atoms with E-state index in [-0.39, 0.29) is 0 Å². The number of aryl methyl sites for hydroxylation is 6. The first kappa shape index (κ1) is 74.5. The predicted molar refractivity (Wildman–Crippen MR) is 367 cm³/mol. The zero-order valence-electron chi connectivity index (χ0n) is 56.0. The summed E-state index contributed by atoms with van der Waals surface area (Å²) in [7, 11) is -4.32. The standard InChI is InChI=1S/C78H135O4P/c1-7-13-19-25-31-37-43-49-55-70-61-64-76(73(67-70)58-52-46-40-34-28-22-16-10-4)80-83(79,81-77-65-62-71(56-50-44-38-32-26-20-14-8-2)68-74(77)59-53-47-41-35-29-23-17-11-5)82-78-66-63-72(57-51-45-39-33-27-21-15-9-3)69-75(78)60-54-48-42-36-30-24-18-12-6/h61-69H,7-60H2,1-6H3. The average molecular weight is 1170 g/mol. The normalized spacial score (nSPS) is 11.7. The molecule has 3 aromatic carbocycles. The van der Waals surface area contributed by atoms with Gasteiger partial charge in [-0.3, -0.25) is 0 Å². The molecule has 0 amide bonds. The summed E-state index contributed by atoms with van der Waals surface area (Å²) in [6.07, 6.45) is 67.8. The molecule has 0 saturated carbocycles. The Morgan fingerprint density at radius 1 is 0.229 bits per heavy atom. The summed E-state index contributed by atoms with van der Waals surface area (Å²) < 4.78 is 37.4. The van der Waals surface area contributed by atoms with Crippen LogP contribution in [0.4, 0.5) is 0 Å². The van der Waals surface area contributed by atoms with Gasteiger partial charge in [-0.2, -0.15) is 4.57 Å². The van der Waals surface area contributed by atoms with E-state index in [9.17, 15) is 0 Å². The number of rotatable bonds is 60. The Labute approximate surface area is 516 Å². The third kappa shape index (κ3) is 38.2. The largest absolute Gasteiger partial charge is 0.647 e. The third-order valence-corrected chi connectivity index (χ3v) is 19.1. The van der Waals surface area contributed by atoms with Gasteiger partial charge in [0.05, 0.1) is 0 Å². The SMILES string of the molecule is CCCCCCCCCCc1ccc(OP(=O)(Oc2ccc(CCCCCCCCCC)cc2CCCCCCCCCC)Oc2ccc(CCCCCCCCCC)cc2CCCCCCCCCC)c(CCCCCCCCCC)c1. The maximum atomic E-state index is 16.3. The molecule has 0 spiro atoms.